The summed E-state index contributed by atoms with van der Waals surface area (Å²) in [6.07, 6.45) is 2.52. The Kier molecular flexibility index (Phi) is 4.56. The zero-order valence-electron chi connectivity index (χ0n) is 13.0. The van der Waals surface area contributed by atoms with E-state index in [1.807, 2.05) is 10.8 Å². The molecular formula is C16H13ClN4O3S. The van der Waals surface area contributed by atoms with Gasteiger partial charge in [-0.15, -0.1) is 0 Å². The van der Waals surface area contributed by atoms with Crippen LogP contribution in [-0.4, -0.2) is 30.5 Å². The number of carbonyl (C=O) groups excluding carboxylic acids is 1. The van der Waals surface area contributed by atoms with Crippen LogP contribution in [0.2, 0.25) is 5.02 Å². The maximum atomic E-state index is 12.0. The minimum absolute atomic E-state index is 0.185. The smallest absolute Gasteiger partial charge is 0.264 e. The van der Waals surface area contributed by atoms with Crippen LogP contribution in [0.5, 0.6) is 0 Å². The lowest BCUT2D eigenvalue weighted by molar-refractivity contribution is 0.0982. The lowest BCUT2D eigenvalue weighted by Crippen LogP contribution is -2.29. The molecule has 0 aliphatic rings. The quantitative estimate of drug-likeness (QED) is 0.726. The Balaban J connectivity index is 1.92. The highest BCUT2D eigenvalue weighted by atomic mass is 35.5. The van der Waals surface area contributed by atoms with Gasteiger partial charge in [-0.1, -0.05) is 23.7 Å². The van der Waals surface area contributed by atoms with Gasteiger partial charge in [-0.3, -0.25) is 4.79 Å². The van der Waals surface area contributed by atoms with Gasteiger partial charge >= 0.3 is 0 Å². The molecule has 0 radical (unpaired) electrons. The van der Waals surface area contributed by atoms with E-state index in [4.69, 9.17) is 11.6 Å². The van der Waals surface area contributed by atoms with Gasteiger partial charge < -0.3 is 5.32 Å². The Hall–Kier alpha value is -2.71. The maximum absolute atomic E-state index is 12.0. The second-order valence-corrected chi connectivity index (χ2v) is 7.49. The zero-order chi connectivity index (χ0) is 18.0. The highest BCUT2D eigenvalue weighted by Gasteiger charge is 2.12. The topological polar surface area (TPSA) is 101 Å². The number of hydrogen-bond donors (Lipinski definition) is 2. The molecule has 7 nitrogen and oxygen atoms in total. The van der Waals surface area contributed by atoms with Crippen LogP contribution in [0.3, 0.4) is 0 Å². The van der Waals surface area contributed by atoms with Crippen molar-refractivity contribution in [3.05, 3.63) is 59.2 Å². The molecule has 2 aromatic carbocycles. The second kappa shape index (κ2) is 6.66. The van der Waals surface area contributed by atoms with Crippen molar-refractivity contribution in [1.29, 1.82) is 0 Å². The molecule has 1 aromatic heterocycles. The van der Waals surface area contributed by atoms with Gasteiger partial charge in [-0.25, -0.2) is 23.1 Å². The van der Waals surface area contributed by atoms with Crippen molar-refractivity contribution >= 4 is 50.1 Å². The van der Waals surface area contributed by atoms with Crippen molar-refractivity contribution in [2.24, 2.45) is 0 Å². The molecule has 0 unspecified atom stereocenters. The number of aromatic nitrogens is 2. The van der Waals surface area contributed by atoms with Crippen molar-refractivity contribution in [2.45, 2.75) is 0 Å². The van der Waals surface area contributed by atoms with E-state index in [0.29, 0.717) is 21.9 Å². The van der Waals surface area contributed by atoms with Crippen molar-refractivity contribution in [1.82, 2.24) is 14.7 Å². The zero-order valence-corrected chi connectivity index (χ0v) is 14.6. The summed E-state index contributed by atoms with van der Waals surface area (Å²) >= 11 is 5.94. The summed E-state index contributed by atoms with van der Waals surface area (Å²) in [6.45, 7) is 0. The molecule has 25 heavy (non-hydrogen) atoms. The molecule has 0 saturated carbocycles. The van der Waals surface area contributed by atoms with Crippen molar-refractivity contribution in [3.63, 3.8) is 0 Å². The van der Waals surface area contributed by atoms with E-state index in [1.54, 1.807) is 30.5 Å². The van der Waals surface area contributed by atoms with Crippen LogP contribution in [-0.2, 0) is 10.0 Å². The van der Waals surface area contributed by atoms with Crippen molar-refractivity contribution in [3.8, 4) is 0 Å². The number of hydrogen-bond acceptors (Lipinski definition) is 6. The minimum Gasteiger partial charge on any atom is -0.324 e. The third-order valence-electron chi connectivity index (χ3n) is 3.20. The molecule has 0 bridgehead atoms. The van der Waals surface area contributed by atoms with Gasteiger partial charge in [0.2, 0.25) is 16.0 Å². The summed E-state index contributed by atoms with van der Waals surface area (Å²) in [6, 6.07) is 11.7. The number of halogens is 1. The first-order valence-electron chi connectivity index (χ1n) is 7.12. The van der Waals surface area contributed by atoms with Crippen LogP contribution in [0.4, 0.5) is 11.6 Å². The number of nitrogens with zero attached hydrogens (tertiary/aromatic N) is 2. The summed E-state index contributed by atoms with van der Waals surface area (Å²) in [5.74, 6) is -0.386. The Morgan fingerprint density at radius 2 is 1.96 bits per heavy atom. The molecule has 1 heterocycles. The molecule has 3 aromatic rings. The van der Waals surface area contributed by atoms with Gasteiger partial charge in [-0.05, 0) is 30.3 Å². The van der Waals surface area contributed by atoms with Crippen LogP contribution in [0.15, 0.2) is 48.7 Å². The third kappa shape index (κ3) is 4.43. The van der Waals surface area contributed by atoms with E-state index in [0.717, 1.165) is 11.9 Å². The molecule has 0 spiro atoms. The number of sulfonamides is 1. The summed E-state index contributed by atoms with van der Waals surface area (Å²) in [5.41, 5.74) is 1.41. The lowest BCUT2D eigenvalue weighted by atomic mass is 10.1. The predicted molar refractivity (Wildman–Crippen MR) is 96.6 cm³/mol. The average Bonchev–Trinajstić information content (AvgIpc) is 2.52. The Morgan fingerprint density at radius 3 is 2.68 bits per heavy atom. The van der Waals surface area contributed by atoms with Gasteiger partial charge in [0, 0.05) is 27.9 Å². The first-order chi connectivity index (χ1) is 11.8. The van der Waals surface area contributed by atoms with E-state index in [2.05, 4.69) is 15.3 Å². The van der Waals surface area contributed by atoms with Gasteiger partial charge in [0.05, 0.1) is 11.8 Å². The Morgan fingerprint density at radius 1 is 1.16 bits per heavy atom. The second-order valence-electron chi connectivity index (χ2n) is 5.31. The van der Waals surface area contributed by atoms with Crippen LogP contribution in [0, 0.1) is 0 Å². The fourth-order valence-corrected chi connectivity index (χ4v) is 2.79. The number of amides is 1. The molecular weight excluding hydrogens is 364 g/mol. The van der Waals surface area contributed by atoms with Gasteiger partial charge in [0.15, 0.2) is 0 Å². The number of nitrogens with one attached hydrogen (secondary N) is 2. The van der Waals surface area contributed by atoms with Crippen LogP contribution in [0.1, 0.15) is 10.4 Å². The normalized spacial score (nSPS) is 11.3. The maximum Gasteiger partial charge on any atom is 0.264 e. The number of rotatable bonds is 4. The number of fused-ring (bicyclic) bond motifs is 1. The minimum atomic E-state index is -3.63. The molecule has 0 aliphatic carbocycles. The number of anilines is 2. The summed E-state index contributed by atoms with van der Waals surface area (Å²) in [5, 5.41) is 4.31. The molecule has 0 saturated heterocycles. The lowest BCUT2D eigenvalue weighted by Gasteiger charge is -2.07. The molecule has 2 N–H and O–H groups in total. The van der Waals surface area contributed by atoms with E-state index in [9.17, 15) is 13.2 Å². The molecule has 1 amide bonds. The SMILES string of the molecule is CS(=O)(=O)NC(=O)c1ccc2cnc(Nc3cccc(Cl)c3)nc2c1. The molecule has 3 rings (SSSR count). The molecule has 0 atom stereocenters. The summed E-state index contributed by atoms with van der Waals surface area (Å²) in [4.78, 5) is 20.5. The van der Waals surface area contributed by atoms with Gasteiger partial charge in [-0.2, -0.15) is 0 Å². The summed E-state index contributed by atoms with van der Waals surface area (Å²) in [7, 11) is -3.63. The van der Waals surface area contributed by atoms with Crippen LogP contribution in [0.25, 0.3) is 10.9 Å². The fraction of sp³-hybridized carbons (Fsp3) is 0.0625. The van der Waals surface area contributed by atoms with E-state index in [1.165, 1.54) is 12.1 Å². The van der Waals surface area contributed by atoms with Crippen LogP contribution >= 0.6 is 11.6 Å². The molecule has 0 aliphatic heterocycles. The molecule has 9 heteroatoms. The van der Waals surface area contributed by atoms with E-state index in [-0.39, 0.29) is 5.56 Å². The number of carbonyl (C=O) groups is 1. The highest BCUT2D eigenvalue weighted by Crippen LogP contribution is 2.20. The largest absolute Gasteiger partial charge is 0.324 e. The van der Waals surface area contributed by atoms with Gasteiger partial charge in [0.1, 0.15) is 0 Å². The fourth-order valence-electron chi connectivity index (χ4n) is 2.15. The summed E-state index contributed by atoms with van der Waals surface area (Å²) < 4.78 is 24.3. The Labute approximate surface area is 149 Å². The van der Waals surface area contributed by atoms with Gasteiger partial charge in [0.25, 0.3) is 5.91 Å². The first kappa shape index (κ1) is 17.1. The predicted octanol–water partition coefficient (Wildman–Crippen LogP) is 2.72. The van der Waals surface area contributed by atoms with Crippen molar-refractivity contribution in [2.75, 3.05) is 11.6 Å². The van der Waals surface area contributed by atoms with E-state index < -0.39 is 15.9 Å². The van der Waals surface area contributed by atoms with E-state index >= 15 is 0 Å². The Bertz CT molecular complexity index is 1070. The third-order valence-corrected chi connectivity index (χ3v) is 4.00. The molecule has 128 valence electrons. The highest BCUT2D eigenvalue weighted by molar-refractivity contribution is 7.89. The first-order valence-corrected chi connectivity index (χ1v) is 9.39. The monoisotopic (exact) mass is 376 g/mol. The van der Waals surface area contributed by atoms with Crippen molar-refractivity contribution < 1.29 is 13.2 Å². The standard InChI is InChI=1S/C16H13ClN4O3S/c1-25(23,24)21-15(22)10-5-6-11-9-18-16(20-14(11)7-10)19-13-4-2-3-12(17)8-13/h2-9H,1H3,(H,21,22)(H,18,19,20). The average molecular weight is 377 g/mol. The molecule has 0 fully saturated rings. The number of benzene rings is 2. The van der Waals surface area contributed by atoms with Crippen LogP contribution < -0.4 is 10.0 Å².